The van der Waals surface area contributed by atoms with Crippen LogP contribution in [0.4, 0.5) is 0 Å². The number of piperidine rings is 1. The molecule has 2 N–H and O–H groups in total. The van der Waals surface area contributed by atoms with Crippen molar-refractivity contribution in [3.8, 4) is 0 Å². The third kappa shape index (κ3) is 6.23. The monoisotopic (exact) mass is 283 g/mol. The fourth-order valence-corrected chi connectivity index (χ4v) is 2.66. The number of hydrogen-bond acceptors (Lipinski definition) is 3. The van der Waals surface area contributed by atoms with Gasteiger partial charge >= 0.3 is 0 Å². The smallest absolute Gasteiger partial charge is 0.237 e. The predicted molar refractivity (Wildman–Crippen MR) is 84.8 cm³/mol. The van der Waals surface area contributed by atoms with Gasteiger partial charge in [0.25, 0.3) is 0 Å². The largest absolute Gasteiger partial charge is 0.350 e. The molecule has 1 heterocycles. The summed E-state index contributed by atoms with van der Waals surface area (Å²) in [5, 5.41) is 6.60. The van der Waals surface area contributed by atoms with Gasteiger partial charge in [-0.2, -0.15) is 0 Å². The molecule has 1 saturated heterocycles. The van der Waals surface area contributed by atoms with Crippen LogP contribution < -0.4 is 10.6 Å². The molecule has 4 nitrogen and oxygen atoms in total. The lowest BCUT2D eigenvalue weighted by molar-refractivity contribution is -0.128. The summed E-state index contributed by atoms with van der Waals surface area (Å²) in [4.78, 5) is 14.6. The Labute approximate surface area is 124 Å². The highest BCUT2D eigenvalue weighted by molar-refractivity contribution is 5.81. The average Bonchev–Trinajstić information content (AvgIpc) is 2.33. The molecule has 0 aromatic carbocycles. The number of rotatable bonds is 5. The number of nitrogens with zero attached hydrogens (tertiary/aromatic N) is 1. The summed E-state index contributed by atoms with van der Waals surface area (Å²) >= 11 is 0. The lowest BCUT2D eigenvalue weighted by Crippen LogP contribution is -2.53. The van der Waals surface area contributed by atoms with Gasteiger partial charge in [0.05, 0.1) is 6.04 Å². The van der Waals surface area contributed by atoms with Crippen LogP contribution in [0.15, 0.2) is 0 Å². The van der Waals surface area contributed by atoms with Gasteiger partial charge in [-0.05, 0) is 59.5 Å². The van der Waals surface area contributed by atoms with E-state index in [2.05, 4.69) is 29.4 Å². The first-order chi connectivity index (χ1) is 9.19. The average molecular weight is 283 g/mol. The number of carbonyl (C=O) groups is 1. The quantitative estimate of drug-likeness (QED) is 0.811. The Balaban J connectivity index is 2.47. The number of nitrogens with one attached hydrogen (secondary N) is 2. The third-order valence-electron chi connectivity index (χ3n) is 3.79. The minimum atomic E-state index is -0.153. The molecule has 2 atom stereocenters. The minimum Gasteiger partial charge on any atom is -0.350 e. The van der Waals surface area contributed by atoms with Crippen LogP contribution in [0.25, 0.3) is 0 Å². The van der Waals surface area contributed by atoms with Gasteiger partial charge in [-0.25, -0.2) is 0 Å². The first-order valence-corrected chi connectivity index (χ1v) is 7.98. The Morgan fingerprint density at radius 2 is 1.95 bits per heavy atom. The van der Waals surface area contributed by atoms with Gasteiger partial charge in [-0.1, -0.05) is 13.8 Å². The number of hydrogen-bond donors (Lipinski definition) is 2. The molecule has 2 unspecified atom stereocenters. The van der Waals surface area contributed by atoms with E-state index in [1.807, 2.05) is 27.7 Å². The molecule has 1 aliphatic rings. The molecule has 20 heavy (non-hydrogen) atoms. The van der Waals surface area contributed by atoms with E-state index in [-0.39, 0.29) is 17.5 Å². The van der Waals surface area contributed by atoms with Crippen molar-refractivity contribution in [2.45, 2.75) is 72.0 Å². The van der Waals surface area contributed by atoms with E-state index in [0.29, 0.717) is 12.0 Å². The SMILES string of the molecule is CC(C)NCC1CCCN(C(C)C(=O)NC(C)(C)C)C1. The van der Waals surface area contributed by atoms with Crippen LogP contribution >= 0.6 is 0 Å². The molecule has 0 radical (unpaired) electrons. The molecule has 0 aromatic rings. The Kier molecular flexibility index (Phi) is 6.46. The van der Waals surface area contributed by atoms with Crippen LogP contribution in [-0.2, 0) is 4.79 Å². The van der Waals surface area contributed by atoms with E-state index >= 15 is 0 Å². The summed E-state index contributed by atoms with van der Waals surface area (Å²) in [6, 6.07) is 0.503. The Morgan fingerprint density at radius 1 is 1.30 bits per heavy atom. The van der Waals surface area contributed by atoms with Crippen molar-refractivity contribution < 1.29 is 4.79 Å². The van der Waals surface area contributed by atoms with Crippen molar-refractivity contribution >= 4 is 5.91 Å². The Morgan fingerprint density at radius 3 is 2.50 bits per heavy atom. The van der Waals surface area contributed by atoms with Gasteiger partial charge in [0.1, 0.15) is 0 Å². The van der Waals surface area contributed by atoms with Crippen molar-refractivity contribution in [2.24, 2.45) is 5.92 Å². The van der Waals surface area contributed by atoms with Gasteiger partial charge in [0.15, 0.2) is 0 Å². The van der Waals surface area contributed by atoms with E-state index in [0.717, 1.165) is 19.6 Å². The summed E-state index contributed by atoms with van der Waals surface area (Å²) in [6.07, 6.45) is 2.46. The number of likely N-dealkylation sites (tertiary alicyclic amines) is 1. The maximum Gasteiger partial charge on any atom is 0.237 e. The van der Waals surface area contributed by atoms with Crippen molar-refractivity contribution in [1.82, 2.24) is 15.5 Å². The summed E-state index contributed by atoms with van der Waals surface area (Å²) in [6.45, 7) is 15.6. The number of amides is 1. The fourth-order valence-electron chi connectivity index (χ4n) is 2.66. The summed E-state index contributed by atoms with van der Waals surface area (Å²) in [7, 11) is 0. The highest BCUT2D eigenvalue weighted by atomic mass is 16.2. The number of carbonyl (C=O) groups excluding carboxylic acids is 1. The van der Waals surface area contributed by atoms with Crippen LogP contribution in [0.1, 0.15) is 54.4 Å². The van der Waals surface area contributed by atoms with Crippen LogP contribution in [0, 0.1) is 5.92 Å². The maximum atomic E-state index is 12.3. The van der Waals surface area contributed by atoms with Crippen molar-refractivity contribution in [3.05, 3.63) is 0 Å². The topological polar surface area (TPSA) is 44.4 Å². The van der Waals surface area contributed by atoms with Crippen LogP contribution in [-0.4, -0.2) is 48.1 Å². The molecule has 0 spiro atoms. The first kappa shape index (κ1) is 17.4. The highest BCUT2D eigenvalue weighted by Crippen LogP contribution is 2.18. The predicted octanol–water partition coefficient (Wildman–Crippen LogP) is 2.00. The zero-order valence-electron chi connectivity index (χ0n) is 14.1. The van der Waals surface area contributed by atoms with Gasteiger partial charge < -0.3 is 10.6 Å². The second-order valence-electron chi connectivity index (χ2n) is 7.48. The van der Waals surface area contributed by atoms with Crippen molar-refractivity contribution in [1.29, 1.82) is 0 Å². The molecule has 1 fully saturated rings. The second-order valence-corrected chi connectivity index (χ2v) is 7.48. The van der Waals surface area contributed by atoms with Crippen LogP contribution in [0.2, 0.25) is 0 Å². The molecule has 1 aliphatic heterocycles. The van der Waals surface area contributed by atoms with E-state index in [4.69, 9.17) is 0 Å². The molecule has 4 heteroatoms. The van der Waals surface area contributed by atoms with Crippen molar-refractivity contribution in [3.63, 3.8) is 0 Å². The lowest BCUT2D eigenvalue weighted by Gasteiger charge is -2.37. The Hall–Kier alpha value is -0.610. The molecule has 0 saturated carbocycles. The van der Waals surface area contributed by atoms with Crippen molar-refractivity contribution in [2.75, 3.05) is 19.6 Å². The zero-order chi connectivity index (χ0) is 15.3. The zero-order valence-corrected chi connectivity index (χ0v) is 14.1. The summed E-state index contributed by atoms with van der Waals surface area (Å²) < 4.78 is 0. The molecular weight excluding hydrogens is 250 g/mol. The van der Waals surface area contributed by atoms with E-state index < -0.39 is 0 Å². The lowest BCUT2D eigenvalue weighted by atomic mass is 9.96. The molecule has 0 aliphatic carbocycles. The van der Waals surface area contributed by atoms with Gasteiger partial charge in [0, 0.05) is 18.1 Å². The summed E-state index contributed by atoms with van der Waals surface area (Å²) in [5.74, 6) is 0.811. The minimum absolute atomic E-state index is 0.0314. The molecule has 0 aromatic heterocycles. The Bertz CT molecular complexity index is 309. The molecule has 1 rings (SSSR count). The highest BCUT2D eigenvalue weighted by Gasteiger charge is 2.28. The van der Waals surface area contributed by atoms with E-state index in [9.17, 15) is 4.79 Å². The normalized spacial score (nSPS) is 22.9. The van der Waals surface area contributed by atoms with Gasteiger partial charge in [0.2, 0.25) is 5.91 Å². The fraction of sp³-hybridized carbons (Fsp3) is 0.938. The molecular formula is C16H33N3O. The third-order valence-corrected chi connectivity index (χ3v) is 3.79. The molecule has 118 valence electrons. The van der Waals surface area contributed by atoms with Gasteiger partial charge in [-0.15, -0.1) is 0 Å². The summed E-state index contributed by atoms with van der Waals surface area (Å²) in [5.41, 5.74) is -0.153. The van der Waals surface area contributed by atoms with E-state index in [1.54, 1.807) is 0 Å². The van der Waals surface area contributed by atoms with E-state index in [1.165, 1.54) is 12.8 Å². The standard InChI is InChI=1S/C16H33N3O/c1-12(2)17-10-14-8-7-9-19(11-14)13(3)15(20)18-16(4,5)6/h12-14,17H,7-11H2,1-6H3,(H,18,20). The van der Waals surface area contributed by atoms with Crippen LogP contribution in [0.5, 0.6) is 0 Å². The van der Waals surface area contributed by atoms with Crippen LogP contribution in [0.3, 0.4) is 0 Å². The second kappa shape index (κ2) is 7.41. The van der Waals surface area contributed by atoms with Gasteiger partial charge in [-0.3, -0.25) is 9.69 Å². The molecule has 0 bridgehead atoms. The maximum absolute atomic E-state index is 12.3. The molecule has 1 amide bonds. The first-order valence-electron chi connectivity index (χ1n) is 7.98.